The summed E-state index contributed by atoms with van der Waals surface area (Å²) in [6.07, 6.45) is 5.24. The number of benzene rings is 1. The summed E-state index contributed by atoms with van der Waals surface area (Å²) in [5, 5.41) is 10.0. The molecule has 0 spiro atoms. The van der Waals surface area contributed by atoms with Crippen LogP contribution in [0.15, 0.2) is 42.6 Å². The number of β-amino-alcohol motifs (C(OH)–C–C–N with tert-alkyl or cyclic N) is 1. The number of carbonyl (C=O) groups excluding carboxylic acids is 1. The molecular formula is C18H21N3O2. The number of para-hydroxylation sites is 1. The van der Waals surface area contributed by atoms with Crippen molar-refractivity contribution in [3.05, 3.63) is 48.2 Å². The van der Waals surface area contributed by atoms with Gasteiger partial charge in [-0.3, -0.25) is 14.7 Å². The Morgan fingerprint density at radius 3 is 2.74 bits per heavy atom. The Morgan fingerprint density at radius 2 is 1.96 bits per heavy atom. The fourth-order valence-corrected chi connectivity index (χ4v) is 2.86. The summed E-state index contributed by atoms with van der Waals surface area (Å²) in [6, 6.07) is 9.89. The van der Waals surface area contributed by atoms with Crippen molar-refractivity contribution in [1.29, 1.82) is 0 Å². The molecule has 1 aromatic carbocycles. The van der Waals surface area contributed by atoms with Gasteiger partial charge in [0.1, 0.15) is 0 Å². The molecule has 1 aromatic heterocycles. The maximum absolute atomic E-state index is 12.3. The highest BCUT2D eigenvalue weighted by molar-refractivity contribution is 5.95. The second-order valence-corrected chi connectivity index (χ2v) is 5.65. The van der Waals surface area contributed by atoms with Crippen LogP contribution in [-0.4, -0.2) is 65.1 Å². The zero-order valence-electron chi connectivity index (χ0n) is 13.1. The maximum atomic E-state index is 12.3. The van der Waals surface area contributed by atoms with Crippen LogP contribution in [0.5, 0.6) is 0 Å². The molecule has 1 fully saturated rings. The zero-order valence-corrected chi connectivity index (χ0v) is 13.1. The number of aliphatic hydroxyl groups excluding tert-OH is 1. The van der Waals surface area contributed by atoms with Gasteiger partial charge in [0, 0.05) is 55.9 Å². The molecule has 1 saturated heterocycles. The van der Waals surface area contributed by atoms with Crippen LogP contribution in [0, 0.1) is 0 Å². The van der Waals surface area contributed by atoms with E-state index in [0.29, 0.717) is 19.6 Å². The first-order valence-corrected chi connectivity index (χ1v) is 7.92. The Balaban J connectivity index is 1.67. The number of aliphatic hydroxyl groups is 1. The Morgan fingerprint density at radius 1 is 1.17 bits per heavy atom. The minimum absolute atomic E-state index is 0.0292. The molecule has 0 unspecified atom stereocenters. The molecule has 2 aromatic rings. The molecule has 2 heterocycles. The van der Waals surface area contributed by atoms with Crippen molar-refractivity contribution in [3.8, 4) is 0 Å². The third-order valence-electron chi connectivity index (χ3n) is 4.17. The largest absolute Gasteiger partial charge is 0.395 e. The predicted molar refractivity (Wildman–Crippen MR) is 90.9 cm³/mol. The number of fused-ring (bicyclic) bond motifs is 1. The minimum Gasteiger partial charge on any atom is -0.395 e. The van der Waals surface area contributed by atoms with E-state index in [9.17, 15) is 4.79 Å². The van der Waals surface area contributed by atoms with Gasteiger partial charge in [-0.25, -0.2) is 0 Å². The lowest BCUT2D eigenvalue weighted by molar-refractivity contribution is -0.127. The van der Waals surface area contributed by atoms with Gasteiger partial charge in [0.25, 0.3) is 0 Å². The summed E-state index contributed by atoms with van der Waals surface area (Å²) in [4.78, 5) is 20.7. The quantitative estimate of drug-likeness (QED) is 0.867. The molecule has 5 nitrogen and oxygen atoms in total. The molecule has 5 heteroatoms. The average Bonchev–Trinajstić information content (AvgIpc) is 2.60. The monoisotopic (exact) mass is 311 g/mol. The Labute approximate surface area is 135 Å². The predicted octanol–water partition coefficient (Wildman–Crippen LogP) is 1.38. The SMILES string of the molecule is O=C(C=Cc1cccc2cccnc12)N1CCN(CCO)CC1. The number of piperazine rings is 1. The van der Waals surface area contributed by atoms with E-state index in [0.717, 1.165) is 29.6 Å². The van der Waals surface area contributed by atoms with Crippen LogP contribution in [0.1, 0.15) is 5.56 Å². The van der Waals surface area contributed by atoms with E-state index >= 15 is 0 Å². The lowest BCUT2D eigenvalue weighted by atomic mass is 10.1. The third-order valence-corrected chi connectivity index (χ3v) is 4.17. The molecule has 1 N–H and O–H groups in total. The molecule has 3 rings (SSSR count). The summed E-state index contributed by atoms with van der Waals surface area (Å²) >= 11 is 0. The van der Waals surface area contributed by atoms with E-state index < -0.39 is 0 Å². The van der Waals surface area contributed by atoms with Gasteiger partial charge < -0.3 is 10.0 Å². The molecule has 1 aliphatic rings. The van der Waals surface area contributed by atoms with Crippen molar-refractivity contribution in [2.45, 2.75) is 0 Å². The Kier molecular flexibility index (Phi) is 5.00. The summed E-state index contributed by atoms with van der Waals surface area (Å²) < 4.78 is 0. The van der Waals surface area contributed by atoms with Gasteiger partial charge in [0.2, 0.25) is 5.91 Å². The van der Waals surface area contributed by atoms with E-state index in [1.165, 1.54) is 0 Å². The van der Waals surface area contributed by atoms with Crippen molar-refractivity contribution >= 4 is 22.9 Å². The van der Waals surface area contributed by atoms with E-state index in [1.807, 2.05) is 41.3 Å². The fraction of sp³-hybridized carbons (Fsp3) is 0.333. The second kappa shape index (κ2) is 7.35. The van der Waals surface area contributed by atoms with Gasteiger partial charge in [-0.2, -0.15) is 0 Å². The summed E-state index contributed by atoms with van der Waals surface area (Å²) in [5.41, 5.74) is 1.86. The Hall–Kier alpha value is -2.24. The van der Waals surface area contributed by atoms with Crippen molar-refractivity contribution < 1.29 is 9.90 Å². The van der Waals surface area contributed by atoms with Crippen LogP contribution in [0.25, 0.3) is 17.0 Å². The molecule has 0 atom stereocenters. The van der Waals surface area contributed by atoms with Crippen LogP contribution in [-0.2, 0) is 4.79 Å². The second-order valence-electron chi connectivity index (χ2n) is 5.65. The number of nitrogens with zero attached hydrogens (tertiary/aromatic N) is 3. The van der Waals surface area contributed by atoms with Gasteiger partial charge >= 0.3 is 0 Å². The first-order valence-electron chi connectivity index (χ1n) is 7.92. The number of aromatic nitrogens is 1. The number of carbonyl (C=O) groups is 1. The van der Waals surface area contributed by atoms with Crippen LogP contribution >= 0.6 is 0 Å². The van der Waals surface area contributed by atoms with E-state index in [-0.39, 0.29) is 12.5 Å². The van der Waals surface area contributed by atoms with Crippen LogP contribution in [0.2, 0.25) is 0 Å². The van der Waals surface area contributed by atoms with Crippen molar-refractivity contribution in [2.75, 3.05) is 39.3 Å². The highest BCUT2D eigenvalue weighted by Gasteiger charge is 2.18. The van der Waals surface area contributed by atoms with Gasteiger partial charge in [0.05, 0.1) is 12.1 Å². The smallest absolute Gasteiger partial charge is 0.246 e. The molecule has 1 amide bonds. The first-order chi connectivity index (χ1) is 11.3. The third kappa shape index (κ3) is 3.75. The molecule has 0 radical (unpaired) electrons. The highest BCUT2D eigenvalue weighted by Crippen LogP contribution is 2.17. The number of hydrogen-bond acceptors (Lipinski definition) is 4. The number of pyridine rings is 1. The Bertz CT molecular complexity index is 701. The molecule has 0 aliphatic carbocycles. The summed E-state index contributed by atoms with van der Waals surface area (Å²) in [6.45, 7) is 3.89. The topological polar surface area (TPSA) is 56.7 Å². The minimum atomic E-state index is 0.0292. The van der Waals surface area contributed by atoms with Crippen LogP contribution < -0.4 is 0 Å². The lowest BCUT2D eigenvalue weighted by Crippen LogP contribution is -2.48. The number of rotatable bonds is 4. The average molecular weight is 311 g/mol. The molecule has 23 heavy (non-hydrogen) atoms. The van der Waals surface area contributed by atoms with Crippen LogP contribution in [0.3, 0.4) is 0 Å². The van der Waals surface area contributed by atoms with Gasteiger partial charge in [0.15, 0.2) is 0 Å². The number of amides is 1. The number of hydrogen-bond donors (Lipinski definition) is 1. The fourth-order valence-electron chi connectivity index (χ4n) is 2.86. The molecular weight excluding hydrogens is 290 g/mol. The van der Waals surface area contributed by atoms with E-state index in [1.54, 1.807) is 12.3 Å². The van der Waals surface area contributed by atoms with E-state index in [4.69, 9.17) is 5.11 Å². The summed E-state index contributed by atoms with van der Waals surface area (Å²) in [5.74, 6) is 0.0292. The van der Waals surface area contributed by atoms with Gasteiger partial charge in [-0.15, -0.1) is 0 Å². The molecule has 0 saturated carbocycles. The van der Waals surface area contributed by atoms with Crippen molar-refractivity contribution in [2.24, 2.45) is 0 Å². The molecule has 120 valence electrons. The normalized spacial score (nSPS) is 16.3. The zero-order chi connectivity index (χ0) is 16.1. The van der Waals surface area contributed by atoms with Gasteiger partial charge in [-0.05, 0) is 12.1 Å². The van der Waals surface area contributed by atoms with Crippen LogP contribution in [0.4, 0.5) is 0 Å². The molecule has 1 aliphatic heterocycles. The summed E-state index contributed by atoms with van der Waals surface area (Å²) in [7, 11) is 0. The highest BCUT2D eigenvalue weighted by atomic mass is 16.3. The van der Waals surface area contributed by atoms with Crippen molar-refractivity contribution in [1.82, 2.24) is 14.8 Å². The maximum Gasteiger partial charge on any atom is 0.246 e. The lowest BCUT2D eigenvalue weighted by Gasteiger charge is -2.33. The first kappa shape index (κ1) is 15.6. The molecule has 0 bridgehead atoms. The van der Waals surface area contributed by atoms with Crippen molar-refractivity contribution in [3.63, 3.8) is 0 Å². The standard InChI is InChI=1S/C18H21N3O2/c22-14-13-20-9-11-21(12-10-20)17(23)7-6-16-4-1-3-15-5-2-8-19-18(15)16/h1-8,22H,9-14H2. The van der Waals surface area contributed by atoms with E-state index in [2.05, 4.69) is 9.88 Å². The van der Waals surface area contributed by atoms with Gasteiger partial charge in [-0.1, -0.05) is 24.3 Å².